The molecular weight excluding hydrogens is 286 g/mol. The molecule has 1 aromatic heterocycles. The Morgan fingerprint density at radius 2 is 2.15 bits per heavy atom. The number of H-pyrrole nitrogens is 1. The van der Waals surface area contributed by atoms with Crippen LogP contribution < -0.4 is 11.1 Å². The summed E-state index contributed by atoms with van der Waals surface area (Å²) in [7, 11) is 1.28. The van der Waals surface area contributed by atoms with E-state index in [2.05, 4.69) is 25.2 Å². The highest BCUT2D eigenvalue weighted by Gasteiger charge is 2.28. The number of amides is 1. The number of esters is 1. The van der Waals surface area contributed by atoms with Crippen LogP contribution in [-0.4, -0.2) is 39.7 Å². The smallest absolute Gasteiger partial charge is 0.313 e. The lowest BCUT2D eigenvalue weighted by molar-refractivity contribution is -0.139. The normalized spacial score (nSPS) is 13.0. The summed E-state index contributed by atoms with van der Waals surface area (Å²) in [6.07, 6.45) is 1.31. The molecule has 0 fully saturated rings. The molecular formula is C11H20ClN5O3. The van der Waals surface area contributed by atoms with Crippen molar-refractivity contribution in [3.05, 3.63) is 5.82 Å². The minimum Gasteiger partial charge on any atom is -0.469 e. The molecule has 1 heterocycles. The molecule has 1 amide bonds. The van der Waals surface area contributed by atoms with Crippen molar-refractivity contribution in [2.45, 2.75) is 38.6 Å². The van der Waals surface area contributed by atoms with Crippen LogP contribution in [0.15, 0.2) is 0 Å². The fraction of sp³-hybridized carbons (Fsp3) is 0.636. The first-order valence-corrected chi connectivity index (χ1v) is 5.97. The third-order valence-electron chi connectivity index (χ3n) is 2.58. The number of nitrogens with one attached hydrogen (secondary N) is 2. The molecule has 1 rings (SSSR count). The number of aromatic amines is 1. The molecule has 20 heavy (non-hydrogen) atoms. The van der Waals surface area contributed by atoms with E-state index in [1.807, 2.05) is 6.92 Å². The van der Waals surface area contributed by atoms with E-state index in [0.29, 0.717) is 12.2 Å². The minimum atomic E-state index is -0.974. The lowest BCUT2D eigenvalue weighted by atomic mass is 9.97. The molecule has 1 aromatic rings. The molecule has 9 heteroatoms. The highest BCUT2D eigenvalue weighted by Crippen LogP contribution is 2.11. The van der Waals surface area contributed by atoms with Gasteiger partial charge in [-0.1, -0.05) is 13.3 Å². The first-order chi connectivity index (χ1) is 8.89. The Morgan fingerprint density at radius 3 is 2.70 bits per heavy atom. The van der Waals surface area contributed by atoms with Crippen molar-refractivity contribution in [1.82, 2.24) is 15.2 Å². The molecule has 0 aliphatic rings. The molecule has 0 aliphatic heterocycles. The van der Waals surface area contributed by atoms with Gasteiger partial charge in [0.05, 0.1) is 12.6 Å². The standard InChI is InChI=1S/C11H19N5O3.ClH/c1-4-5-11(2,12)9(18)14-10-13-7(15-16-10)6-8(17)19-3;/h4-6,12H2,1-3H3,(H2,13,14,15,16,18);1H. The van der Waals surface area contributed by atoms with Gasteiger partial charge < -0.3 is 10.5 Å². The summed E-state index contributed by atoms with van der Waals surface area (Å²) in [6.45, 7) is 3.59. The SMILES string of the molecule is CCCC(C)(N)C(=O)Nc1n[nH]c(CC(=O)OC)n1.Cl. The number of anilines is 1. The Labute approximate surface area is 123 Å². The van der Waals surface area contributed by atoms with E-state index < -0.39 is 11.5 Å². The number of halogens is 1. The molecule has 8 nitrogen and oxygen atoms in total. The molecule has 1 unspecified atom stereocenters. The maximum Gasteiger partial charge on any atom is 0.313 e. The second-order valence-corrected chi connectivity index (χ2v) is 4.48. The van der Waals surface area contributed by atoms with Gasteiger partial charge in [-0.05, 0) is 13.3 Å². The molecule has 0 aromatic carbocycles. The van der Waals surface area contributed by atoms with Gasteiger partial charge in [-0.3, -0.25) is 20.0 Å². The Hall–Kier alpha value is -1.67. The minimum absolute atomic E-state index is 0. The monoisotopic (exact) mass is 305 g/mol. The number of ether oxygens (including phenoxy) is 1. The first kappa shape index (κ1) is 18.3. The second kappa shape index (κ2) is 7.81. The molecule has 114 valence electrons. The van der Waals surface area contributed by atoms with Crippen molar-refractivity contribution in [3.63, 3.8) is 0 Å². The second-order valence-electron chi connectivity index (χ2n) is 4.48. The topological polar surface area (TPSA) is 123 Å². The summed E-state index contributed by atoms with van der Waals surface area (Å²) in [4.78, 5) is 26.9. The van der Waals surface area contributed by atoms with Crippen LogP contribution >= 0.6 is 12.4 Å². The van der Waals surface area contributed by atoms with Gasteiger partial charge in [0.25, 0.3) is 0 Å². The van der Waals surface area contributed by atoms with Gasteiger partial charge in [-0.2, -0.15) is 4.98 Å². The molecule has 1 atom stereocenters. The van der Waals surface area contributed by atoms with Gasteiger partial charge in [-0.15, -0.1) is 17.5 Å². The van der Waals surface area contributed by atoms with Crippen LogP contribution in [0, 0.1) is 0 Å². The predicted molar refractivity (Wildman–Crippen MR) is 75.5 cm³/mol. The summed E-state index contributed by atoms with van der Waals surface area (Å²) in [5.41, 5.74) is 4.90. The Bertz CT molecular complexity index is 461. The Kier molecular flexibility index (Phi) is 7.16. The Balaban J connectivity index is 0.00000361. The third kappa shape index (κ3) is 5.14. The van der Waals surface area contributed by atoms with Crippen LogP contribution in [0.2, 0.25) is 0 Å². The largest absolute Gasteiger partial charge is 0.469 e. The van der Waals surface area contributed by atoms with Crippen molar-refractivity contribution in [1.29, 1.82) is 0 Å². The summed E-state index contributed by atoms with van der Waals surface area (Å²) >= 11 is 0. The fourth-order valence-corrected chi connectivity index (χ4v) is 1.52. The number of methoxy groups -OCH3 is 1. The van der Waals surface area contributed by atoms with E-state index in [4.69, 9.17) is 5.73 Å². The van der Waals surface area contributed by atoms with Crippen molar-refractivity contribution >= 4 is 30.2 Å². The molecule has 0 saturated heterocycles. The van der Waals surface area contributed by atoms with Gasteiger partial charge in [0, 0.05) is 0 Å². The van der Waals surface area contributed by atoms with Gasteiger partial charge in [0.1, 0.15) is 12.2 Å². The van der Waals surface area contributed by atoms with Crippen molar-refractivity contribution < 1.29 is 14.3 Å². The van der Waals surface area contributed by atoms with E-state index in [-0.39, 0.29) is 30.7 Å². The maximum atomic E-state index is 11.9. The van der Waals surface area contributed by atoms with E-state index >= 15 is 0 Å². The average Bonchev–Trinajstić information content (AvgIpc) is 2.76. The van der Waals surface area contributed by atoms with E-state index in [1.165, 1.54) is 7.11 Å². The Morgan fingerprint density at radius 1 is 1.50 bits per heavy atom. The predicted octanol–water partition coefficient (Wildman–Crippen LogP) is 0.398. The number of nitrogens with zero attached hydrogens (tertiary/aromatic N) is 2. The van der Waals surface area contributed by atoms with Crippen molar-refractivity contribution in [2.24, 2.45) is 5.73 Å². The molecule has 0 aliphatic carbocycles. The number of carbonyl (C=O) groups excluding carboxylic acids is 2. The van der Waals surface area contributed by atoms with Gasteiger partial charge >= 0.3 is 5.97 Å². The molecule has 4 N–H and O–H groups in total. The zero-order chi connectivity index (χ0) is 14.5. The highest BCUT2D eigenvalue weighted by molar-refractivity contribution is 5.96. The molecule has 0 bridgehead atoms. The summed E-state index contributed by atoms with van der Waals surface area (Å²) < 4.78 is 4.50. The number of hydrogen-bond donors (Lipinski definition) is 3. The lowest BCUT2D eigenvalue weighted by Crippen LogP contribution is -2.48. The summed E-state index contributed by atoms with van der Waals surface area (Å²) in [5, 5.41) is 8.84. The van der Waals surface area contributed by atoms with Crippen molar-refractivity contribution in [2.75, 3.05) is 12.4 Å². The zero-order valence-electron chi connectivity index (χ0n) is 11.7. The third-order valence-corrected chi connectivity index (χ3v) is 2.58. The van der Waals surface area contributed by atoms with Crippen LogP contribution in [0.5, 0.6) is 0 Å². The van der Waals surface area contributed by atoms with Crippen molar-refractivity contribution in [3.8, 4) is 0 Å². The fourth-order valence-electron chi connectivity index (χ4n) is 1.52. The molecule has 0 saturated carbocycles. The summed E-state index contributed by atoms with van der Waals surface area (Å²) in [5.74, 6) is -0.394. The van der Waals surface area contributed by atoms with E-state index in [1.54, 1.807) is 6.92 Å². The average molecular weight is 306 g/mol. The number of hydrogen-bond acceptors (Lipinski definition) is 6. The zero-order valence-corrected chi connectivity index (χ0v) is 12.5. The quantitative estimate of drug-likeness (QED) is 0.654. The highest BCUT2D eigenvalue weighted by atomic mass is 35.5. The number of nitrogens with two attached hydrogens (primary N) is 1. The number of carbonyl (C=O) groups is 2. The van der Waals surface area contributed by atoms with Crippen LogP contribution in [-0.2, 0) is 20.7 Å². The number of rotatable bonds is 6. The van der Waals surface area contributed by atoms with Crippen LogP contribution in [0.1, 0.15) is 32.5 Å². The van der Waals surface area contributed by atoms with E-state index in [9.17, 15) is 9.59 Å². The lowest BCUT2D eigenvalue weighted by Gasteiger charge is -2.21. The molecule has 0 radical (unpaired) electrons. The van der Waals surface area contributed by atoms with Gasteiger partial charge in [-0.25, -0.2) is 0 Å². The van der Waals surface area contributed by atoms with Gasteiger partial charge in [0.15, 0.2) is 0 Å². The van der Waals surface area contributed by atoms with Crippen LogP contribution in [0.25, 0.3) is 0 Å². The van der Waals surface area contributed by atoms with E-state index in [0.717, 1.165) is 6.42 Å². The maximum absolute atomic E-state index is 11.9. The first-order valence-electron chi connectivity index (χ1n) is 5.97. The summed E-state index contributed by atoms with van der Waals surface area (Å²) in [6, 6.07) is 0. The van der Waals surface area contributed by atoms with Crippen LogP contribution in [0.3, 0.4) is 0 Å². The number of aromatic nitrogens is 3. The van der Waals surface area contributed by atoms with Gasteiger partial charge in [0.2, 0.25) is 11.9 Å². The molecule has 0 spiro atoms. The van der Waals surface area contributed by atoms with Crippen LogP contribution in [0.4, 0.5) is 5.95 Å².